The lowest BCUT2D eigenvalue weighted by Crippen LogP contribution is -2.16. The predicted octanol–water partition coefficient (Wildman–Crippen LogP) is 2.96. The second kappa shape index (κ2) is 3.65. The molecule has 16 heavy (non-hydrogen) atoms. The molecule has 0 saturated heterocycles. The Balaban J connectivity index is 2.32. The van der Waals surface area contributed by atoms with Crippen LogP contribution in [0.1, 0.15) is 55.4 Å². The Morgan fingerprint density at radius 1 is 1.50 bits per heavy atom. The van der Waals surface area contributed by atoms with Gasteiger partial charge in [-0.1, -0.05) is 20.8 Å². The molecule has 1 aromatic rings. The smallest absolute Gasteiger partial charge is 0.337 e. The number of carboxylic acids is 1. The summed E-state index contributed by atoms with van der Waals surface area (Å²) in [7, 11) is 0. The average Bonchev–Trinajstić information content (AvgIpc) is 2.79. The van der Waals surface area contributed by atoms with Crippen LogP contribution in [0.2, 0.25) is 0 Å². The second-order valence-electron chi connectivity index (χ2n) is 5.79. The first-order chi connectivity index (χ1) is 7.38. The fraction of sp³-hybridized carbons (Fsp3) is 0.615. The van der Waals surface area contributed by atoms with Gasteiger partial charge in [-0.2, -0.15) is 0 Å². The summed E-state index contributed by atoms with van der Waals surface area (Å²) in [5, 5.41) is 9.17. The number of aromatic nitrogens is 1. The topological polar surface area (TPSA) is 53.1 Å². The van der Waals surface area contributed by atoms with Crippen molar-refractivity contribution in [3.8, 4) is 0 Å². The van der Waals surface area contributed by atoms with Crippen molar-refractivity contribution in [2.45, 2.75) is 45.4 Å². The van der Waals surface area contributed by atoms with Gasteiger partial charge in [0.25, 0.3) is 0 Å². The van der Waals surface area contributed by atoms with Gasteiger partial charge in [-0.05, 0) is 31.2 Å². The summed E-state index contributed by atoms with van der Waals surface area (Å²) in [6.07, 6.45) is 3.56. The lowest BCUT2D eigenvalue weighted by atomic mass is 9.90. The van der Waals surface area contributed by atoms with Gasteiger partial charge in [0.2, 0.25) is 0 Å². The maximum Gasteiger partial charge on any atom is 0.337 e. The minimum Gasteiger partial charge on any atom is -0.478 e. The molecule has 0 bridgehead atoms. The van der Waals surface area contributed by atoms with E-state index < -0.39 is 5.97 Å². The maximum atomic E-state index is 11.2. The van der Waals surface area contributed by atoms with E-state index in [9.17, 15) is 9.90 Å². The molecule has 88 valence electrons. The van der Waals surface area contributed by atoms with Gasteiger partial charge >= 0.3 is 5.97 Å². The number of H-pyrrole nitrogens is 1. The Morgan fingerprint density at radius 3 is 2.50 bits per heavy atom. The molecule has 0 atom stereocenters. The Bertz CT molecular complexity index is 408. The van der Waals surface area contributed by atoms with E-state index in [1.54, 1.807) is 6.07 Å². The van der Waals surface area contributed by atoms with Crippen molar-refractivity contribution in [1.29, 1.82) is 0 Å². The van der Waals surface area contributed by atoms with Gasteiger partial charge in [-0.3, -0.25) is 0 Å². The molecular formula is C13H19NO2. The van der Waals surface area contributed by atoms with E-state index in [4.69, 9.17) is 0 Å². The predicted molar refractivity (Wildman–Crippen MR) is 62.9 cm³/mol. The molecule has 1 heterocycles. The van der Waals surface area contributed by atoms with E-state index in [0.29, 0.717) is 5.56 Å². The average molecular weight is 221 g/mol. The molecule has 1 aliphatic carbocycles. The zero-order chi connectivity index (χ0) is 11.9. The summed E-state index contributed by atoms with van der Waals surface area (Å²) in [5.74, 6) is -0.0589. The summed E-state index contributed by atoms with van der Waals surface area (Å²) in [4.78, 5) is 14.5. The van der Waals surface area contributed by atoms with E-state index in [1.165, 1.54) is 12.8 Å². The first-order valence-electron chi connectivity index (χ1n) is 5.83. The van der Waals surface area contributed by atoms with E-state index in [-0.39, 0.29) is 5.41 Å². The van der Waals surface area contributed by atoms with Crippen LogP contribution >= 0.6 is 0 Å². The third-order valence-corrected chi connectivity index (χ3v) is 3.06. The highest BCUT2D eigenvalue weighted by molar-refractivity contribution is 5.89. The summed E-state index contributed by atoms with van der Waals surface area (Å²) in [6, 6.07) is 1.81. The van der Waals surface area contributed by atoms with Crippen molar-refractivity contribution in [2.24, 2.45) is 5.92 Å². The number of hydrogen-bond donors (Lipinski definition) is 2. The molecule has 3 nitrogen and oxygen atoms in total. The lowest BCUT2D eigenvalue weighted by molar-refractivity contribution is 0.0694. The molecule has 2 rings (SSSR count). The van der Waals surface area contributed by atoms with Crippen molar-refractivity contribution >= 4 is 5.97 Å². The number of nitrogens with one attached hydrogen (secondary N) is 1. The van der Waals surface area contributed by atoms with Crippen molar-refractivity contribution in [2.75, 3.05) is 0 Å². The number of carbonyl (C=O) groups is 1. The molecule has 1 saturated carbocycles. The second-order valence-corrected chi connectivity index (χ2v) is 5.79. The van der Waals surface area contributed by atoms with Crippen molar-refractivity contribution in [3.05, 3.63) is 23.0 Å². The zero-order valence-electron chi connectivity index (χ0n) is 10.1. The SMILES string of the molecule is CC(C)(C)c1[nH]c(CC2CC2)cc1C(=O)O. The highest BCUT2D eigenvalue weighted by Gasteiger charge is 2.27. The van der Waals surface area contributed by atoms with Crippen LogP contribution in [-0.2, 0) is 11.8 Å². The summed E-state index contributed by atoms with van der Waals surface area (Å²) in [6.45, 7) is 6.10. The summed E-state index contributed by atoms with van der Waals surface area (Å²) in [5.41, 5.74) is 2.21. The number of aromatic amines is 1. The molecule has 0 amide bonds. The van der Waals surface area contributed by atoms with Gasteiger partial charge in [0, 0.05) is 16.8 Å². The molecule has 0 spiro atoms. The normalized spacial score (nSPS) is 16.4. The van der Waals surface area contributed by atoms with Crippen molar-refractivity contribution in [1.82, 2.24) is 4.98 Å². The molecule has 0 aromatic carbocycles. The molecule has 1 aromatic heterocycles. The Kier molecular flexibility index (Phi) is 2.56. The van der Waals surface area contributed by atoms with Crippen LogP contribution in [0.25, 0.3) is 0 Å². The van der Waals surface area contributed by atoms with Gasteiger partial charge in [0.15, 0.2) is 0 Å². The molecule has 0 unspecified atom stereocenters. The first-order valence-corrected chi connectivity index (χ1v) is 5.83. The number of aromatic carboxylic acids is 1. The first kappa shape index (κ1) is 11.2. The van der Waals surface area contributed by atoms with E-state index in [0.717, 1.165) is 23.7 Å². The molecular weight excluding hydrogens is 202 g/mol. The molecule has 2 N–H and O–H groups in total. The lowest BCUT2D eigenvalue weighted by Gasteiger charge is -2.17. The fourth-order valence-corrected chi connectivity index (χ4v) is 2.01. The molecule has 1 fully saturated rings. The highest BCUT2D eigenvalue weighted by Crippen LogP contribution is 2.34. The van der Waals surface area contributed by atoms with Crippen LogP contribution in [-0.4, -0.2) is 16.1 Å². The monoisotopic (exact) mass is 221 g/mol. The van der Waals surface area contributed by atoms with E-state index in [1.807, 2.05) is 20.8 Å². The zero-order valence-corrected chi connectivity index (χ0v) is 10.1. The number of hydrogen-bond acceptors (Lipinski definition) is 1. The summed E-state index contributed by atoms with van der Waals surface area (Å²) >= 11 is 0. The van der Waals surface area contributed by atoms with Crippen LogP contribution in [0, 0.1) is 5.92 Å². The Hall–Kier alpha value is -1.25. The van der Waals surface area contributed by atoms with Crippen molar-refractivity contribution < 1.29 is 9.90 Å². The molecule has 0 radical (unpaired) electrons. The Morgan fingerprint density at radius 2 is 2.12 bits per heavy atom. The van der Waals surface area contributed by atoms with Crippen molar-refractivity contribution in [3.63, 3.8) is 0 Å². The van der Waals surface area contributed by atoms with E-state index in [2.05, 4.69) is 4.98 Å². The number of carboxylic acid groups (broad SMARTS) is 1. The quantitative estimate of drug-likeness (QED) is 0.824. The third-order valence-electron chi connectivity index (χ3n) is 3.06. The number of rotatable bonds is 3. The van der Waals surface area contributed by atoms with Crippen LogP contribution < -0.4 is 0 Å². The minimum absolute atomic E-state index is 0.143. The largest absolute Gasteiger partial charge is 0.478 e. The minimum atomic E-state index is -0.830. The standard InChI is InChI=1S/C13H19NO2/c1-13(2,3)11-10(12(15)16)7-9(14-11)6-8-4-5-8/h7-8,14H,4-6H2,1-3H3,(H,15,16). The highest BCUT2D eigenvalue weighted by atomic mass is 16.4. The fourth-order valence-electron chi connectivity index (χ4n) is 2.01. The van der Waals surface area contributed by atoms with Gasteiger partial charge in [0.1, 0.15) is 0 Å². The summed E-state index contributed by atoms with van der Waals surface area (Å²) < 4.78 is 0. The van der Waals surface area contributed by atoms with Gasteiger partial charge in [0.05, 0.1) is 5.56 Å². The molecule has 3 heteroatoms. The van der Waals surface area contributed by atoms with Crippen LogP contribution in [0.15, 0.2) is 6.07 Å². The van der Waals surface area contributed by atoms with Crippen LogP contribution in [0.5, 0.6) is 0 Å². The van der Waals surface area contributed by atoms with E-state index >= 15 is 0 Å². The third kappa shape index (κ3) is 2.29. The van der Waals surface area contributed by atoms with Gasteiger partial charge < -0.3 is 10.1 Å². The Labute approximate surface area is 95.9 Å². The van der Waals surface area contributed by atoms with Crippen LogP contribution in [0.4, 0.5) is 0 Å². The maximum absolute atomic E-state index is 11.2. The molecule has 1 aliphatic rings. The van der Waals surface area contributed by atoms with Crippen LogP contribution in [0.3, 0.4) is 0 Å². The van der Waals surface area contributed by atoms with Gasteiger partial charge in [-0.25, -0.2) is 4.79 Å². The van der Waals surface area contributed by atoms with Gasteiger partial charge in [-0.15, -0.1) is 0 Å². The molecule has 0 aliphatic heterocycles.